The molecule has 3 heterocycles. The molecule has 2 aromatic rings. The lowest BCUT2D eigenvalue weighted by molar-refractivity contribution is -0.153. The Kier molecular flexibility index (Phi) is 5.96. The molecule has 0 unspecified atom stereocenters. The molecule has 0 saturated carbocycles. The summed E-state index contributed by atoms with van der Waals surface area (Å²) >= 11 is 24.6. The number of nitrogens with one attached hydrogen (secondary N) is 1. The molecule has 1 spiro atoms. The zero-order chi connectivity index (χ0) is 26.3. The number of carbonyl (C=O) groups excluding carboxylic acids is 2. The highest BCUT2D eigenvalue weighted by atomic mass is 35.5. The number of rotatable bonds is 3. The first-order valence-corrected chi connectivity index (χ1v) is 12.2. The van der Waals surface area contributed by atoms with Gasteiger partial charge in [-0.25, -0.2) is 8.78 Å². The lowest BCUT2D eigenvalue weighted by Gasteiger charge is -2.36. The summed E-state index contributed by atoms with van der Waals surface area (Å²) in [4.78, 5) is 42.4. The van der Waals surface area contributed by atoms with E-state index in [0.29, 0.717) is 0 Å². The van der Waals surface area contributed by atoms with Crippen molar-refractivity contribution in [3.8, 4) is 0 Å². The average Bonchev–Trinajstić information content (AvgIpc) is 3.33. The Morgan fingerprint density at radius 1 is 1.08 bits per heavy atom. The van der Waals surface area contributed by atoms with Crippen LogP contribution in [0.15, 0.2) is 30.3 Å². The van der Waals surface area contributed by atoms with Gasteiger partial charge in [-0.05, 0) is 30.3 Å². The topological polar surface area (TPSA) is 90.0 Å². The predicted molar refractivity (Wildman–Crippen MR) is 131 cm³/mol. The van der Waals surface area contributed by atoms with Gasteiger partial charge in [-0.1, -0.05) is 46.4 Å². The highest BCUT2D eigenvalue weighted by Gasteiger charge is 2.74. The minimum Gasteiger partial charge on any atom is -0.481 e. The molecule has 190 valence electrons. The molecule has 2 aromatic carbocycles. The predicted octanol–water partition coefficient (Wildman–Crippen LogP) is 5.15. The second-order valence-corrected chi connectivity index (χ2v) is 10.9. The first-order chi connectivity index (χ1) is 16.8. The van der Waals surface area contributed by atoms with Crippen LogP contribution < -0.4 is 10.2 Å². The fourth-order valence-electron chi connectivity index (χ4n) is 5.86. The second kappa shape index (κ2) is 8.43. The Morgan fingerprint density at radius 3 is 2.31 bits per heavy atom. The summed E-state index contributed by atoms with van der Waals surface area (Å²) in [6.07, 6.45) is -0.810. The smallest absolute Gasteiger partial charge is 0.310 e. The number of aliphatic carboxylic acids is 1. The maximum atomic E-state index is 14.8. The lowest BCUT2D eigenvalue weighted by atomic mass is 9.73. The first kappa shape index (κ1) is 25.5. The van der Waals surface area contributed by atoms with Crippen molar-refractivity contribution in [3.05, 3.63) is 56.0 Å². The molecule has 3 aliphatic heterocycles. The van der Waals surface area contributed by atoms with Crippen molar-refractivity contribution in [2.24, 2.45) is 11.8 Å². The highest BCUT2D eigenvalue weighted by molar-refractivity contribution is 6.38. The highest BCUT2D eigenvalue weighted by Crippen LogP contribution is 2.61. The number of fused-ring (bicyclic) bond motifs is 4. The lowest BCUT2D eigenvalue weighted by Crippen LogP contribution is -2.54. The van der Waals surface area contributed by atoms with Crippen LogP contribution in [0, 0.1) is 11.8 Å². The monoisotopic (exact) mass is 577 g/mol. The number of carboxylic acids is 1. The summed E-state index contributed by atoms with van der Waals surface area (Å²) in [6.45, 7) is -0.922. The first-order valence-electron chi connectivity index (χ1n) is 10.7. The molecule has 5 rings (SSSR count). The second-order valence-electron chi connectivity index (χ2n) is 9.15. The molecule has 2 amide bonds. The molecule has 13 heteroatoms. The van der Waals surface area contributed by atoms with Crippen LogP contribution in [0.5, 0.6) is 0 Å². The molecule has 2 fully saturated rings. The van der Waals surface area contributed by atoms with Gasteiger partial charge >= 0.3 is 5.97 Å². The van der Waals surface area contributed by atoms with E-state index >= 15 is 0 Å². The van der Waals surface area contributed by atoms with Crippen LogP contribution >= 0.6 is 46.4 Å². The quantitative estimate of drug-likeness (QED) is 0.526. The Hall–Kier alpha value is -2.17. The van der Waals surface area contributed by atoms with Gasteiger partial charge in [0.2, 0.25) is 5.91 Å². The molecule has 2 saturated heterocycles. The molecular formula is C23H17Cl4F2N3O4. The van der Waals surface area contributed by atoms with Crippen molar-refractivity contribution in [2.75, 3.05) is 23.8 Å². The number of carbonyl (C=O) groups is 3. The molecule has 0 bridgehead atoms. The van der Waals surface area contributed by atoms with Gasteiger partial charge in [0.05, 0.1) is 23.2 Å². The van der Waals surface area contributed by atoms with E-state index in [2.05, 4.69) is 5.32 Å². The molecule has 0 aromatic heterocycles. The van der Waals surface area contributed by atoms with Gasteiger partial charge in [-0.3, -0.25) is 19.3 Å². The third kappa shape index (κ3) is 3.59. The molecule has 4 atom stereocenters. The van der Waals surface area contributed by atoms with Crippen molar-refractivity contribution in [1.82, 2.24) is 4.90 Å². The van der Waals surface area contributed by atoms with Gasteiger partial charge in [0.1, 0.15) is 11.5 Å². The number of carboxylic acid groups (broad SMARTS) is 1. The fourth-order valence-corrected chi connectivity index (χ4v) is 6.92. The van der Waals surface area contributed by atoms with E-state index in [4.69, 9.17) is 46.4 Å². The Morgan fingerprint density at radius 2 is 1.69 bits per heavy atom. The number of benzene rings is 2. The minimum absolute atomic E-state index is 0.0230. The SMILES string of the molecule is CN(C(=O)[C@H]1[C@@H](C(=O)O)[C@]2(C(=O)Nc3c(Cl)cc(Cl)cc32)N2CC(F)(F)C[C@@H]12)c1cc(Cl)cc(Cl)c1. The zero-order valence-corrected chi connectivity index (χ0v) is 21.4. The van der Waals surface area contributed by atoms with Crippen LogP contribution in [0.2, 0.25) is 20.1 Å². The molecule has 7 nitrogen and oxygen atoms in total. The van der Waals surface area contributed by atoms with E-state index in [1.54, 1.807) is 0 Å². The third-order valence-electron chi connectivity index (χ3n) is 7.15. The van der Waals surface area contributed by atoms with Crippen molar-refractivity contribution in [3.63, 3.8) is 0 Å². The van der Waals surface area contributed by atoms with Gasteiger partial charge in [-0.2, -0.15) is 0 Å². The number of hydrogen-bond donors (Lipinski definition) is 2. The Bertz CT molecular complexity index is 1320. The summed E-state index contributed by atoms with van der Waals surface area (Å²) < 4.78 is 29.7. The molecule has 0 radical (unpaired) electrons. The Labute approximate surface area is 223 Å². The largest absolute Gasteiger partial charge is 0.481 e. The summed E-state index contributed by atoms with van der Waals surface area (Å²) in [7, 11) is 1.36. The Balaban J connectivity index is 1.71. The van der Waals surface area contributed by atoms with Crippen LogP contribution in [0.25, 0.3) is 0 Å². The van der Waals surface area contributed by atoms with E-state index < -0.39 is 60.1 Å². The molecule has 0 aliphatic carbocycles. The average molecular weight is 579 g/mol. The summed E-state index contributed by atoms with van der Waals surface area (Å²) in [5.74, 6) is -9.65. The van der Waals surface area contributed by atoms with Crippen molar-refractivity contribution >= 4 is 75.6 Å². The van der Waals surface area contributed by atoms with Gasteiger partial charge in [-0.15, -0.1) is 0 Å². The van der Waals surface area contributed by atoms with E-state index in [0.717, 1.165) is 9.80 Å². The van der Waals surface area contributed by atoms with E-state index in [9.17, 15) is 28.3 Å². The van der Waals surface area contributed by atoms with Crippen LogP contribution in [-0.4, -0.2) is 53.3 Å². The standard InChI is InChI=1S/C23H17Cl4F2N3O4/c1-31(12-3-9(24)2-10(25)4-12)19(33)16-15-7-22(28,29)8-32(15)23(17(16)20(34)35)13-5-11(26)6-14(27)18(13)30-21(23)36/h2-6,15-17H,7-8H2,1H3,(H,30,36)(H,34,35)/t15-,16+,17-,23+/m0/s1. The number of alkyl halides is 2. The maximum Gasteiger partial charge on any atom is 0.310 e. The molecule has 3 aliphatic rings. The number of amides is 2. The normalized spacial score (nSPS) is 28.2. The fraction of sp³-hybridized carbons (Fsp3) is 0.348. The van der Waals surface area contributed by atoms with Gasteiger partial charge in [0.15, 0.2) is 0 Å². The van der Waals surface area contributed by atoms with Crippen molar-refractivity contribution in [2.45, 2.75) is 23.9 Å². The number of hydrogen-bond acceptors (Lipinski definition) is 4. The van der Waals surface area contributed by atoms with Crippen LogP contribution in [0.3, 0.4) is 0 Å². The van der Waals surface area contributed by atoms with Gasteiger partial charge < -0.3 is 15.3 Å². The number of nitrogens with zero attached hydrogens (tertiary/aromatic N) is 2. The van der Waals surface area contributed by atoms with Gasteiger partial charge in [0.25, 0.3) is 11.8 Å². The van der Waals surface area contributed by atoms with Crippen LogP contribution in [0.4, 0.5) is 20.2 Å². The summed E-state index contributed by atoms with van der Waals surface area (Å²) in [6, 6.07) is 5.73. The maximum absolute atomic E-state index is 14.8. The molecule has 36 heavy (non-hydrogen) atoms. The van der Waals surface area contributed by atoms with Gasteiger partial charge in [0, 0.05) is 45.8 Å². The number of anilines is 2. The van der Waals surface area contributed by atoms with E-state index in [1.165, 1.54) is 37.4 Å². The molecule has 2 N–H and O–H groups in total. The van der Waals surface area contributed by atoms with Crippen LogP contribution in [0.1, 0.15) is 12.0 Å². The number of halogens is 6. The summed E-state index contributed by atoms with van der Waals surface area (Å²) in [5, 5.41) is 13.5. The van der Waals surface area contributed by atoms with Crippen molar-refractivity contribution in [1.29, 1.82) is 0 Å². The van der Waals surface area contributed by atoms with Crippen molar-refractivity contribution < 1.29 is 28.3 Å². The minimum atomic E-state index is -3.27. The zero-order valence-electron chi connectivity index (χ0n) is 18.4. The van der Waals surface area contributed by atoms with E-state index in [1.807, 2.05) is 0 Å². The third-order valence-corrected chi connectivity index (χ3v) is 8.11. The molecular weight excluding hydrogens is 562 g/mol. The summed E-state index contributed by atoms with van der Waals surface area (Å²) in [5.41, 5.74) is -1.77. The van der Waals surface area contributed by atoms with E-state index in [-0.39, 0.29) is 37.0 Å². The van der Waals surface area contributed by atoms with Crippen LogP contribution in [-0.2, 0) is 19.9 Å².